The Morgan fingerprint density at radius 1 is 1.16 bits per heavy atom. The van der Waals surface area contributed by atoms with Gasteiger partial charge in [0.25, 0.3) is 5.91 Å². The lowest BCUT2D eigenvalue weighted by Crippen LogP contribution is -2.34. The van der Waals surface area contributed by atoms with Crippen LogP contribution in [0.5, 0.6) is 5.75 Å². The predicted molar refractivity (Wildman–Crippen MR) is 103 cm³/mol. The Morgan fingerprint density at radius 2 is 2.00 bits per heavy atom. The van der Waals surface area contributed by atoms with Crippen LogP contribution in [0.1, 0.15) is 17.3 Å². The van der Waals surface area contributed by atoms with Crippen molar-refractivity contribution in [1.29, 1.82) is 0 Å². The third-order valence-corrected chi connectivity index (χ3v) is 3.73. The quantitative estimate of drug-likeness (QED) is 0.701. The molecule has 0 fully saturated rings. The topological polar surface area (TPSA) is 63.2 Å². The van der Waals surface area contributed by atoms with Gasteiger partial charge in [-0.15, -0.1) is 0 Å². The molecule has 0 aliphatic rings. The fourth-order valence-electron chi connectivity index (χ4n) is 2.43. The number of nitrogens with one attached hydrogen (secondary N) is 2. The average Bonchev–Trinajstić information content (AvgIpc) is 2.62. The number of carbonyl (C=O) groups excluding carboxylic acids is 1. The number of carbonyl (C=O) groups is 1. The van der Waals surface area contributed by atoms with E-state index in [0.717, 1.165) is 16.6 Å². The van der Waals surface area contributed by atoms with Crippen molar-refractivity contribution in [3.63, 3.8) is 0 Å². The third-order valence-electron chi connectivity index (χ3n) is 3.53. The molecule has 1 aromatic heterocycles. The molecule has 5 nitrogen and oxygen atoms in total. The summed E-state index contributed by atoms with van der Waals surface area (Å²) in [5.74, 6) is 0.353. The summed E-state index contributed by atoms with van der Waals surface area (Å²) in [6.45, 7) is 2.44. The van der Waals surface area contributed by atoms with E-state index in [9.17, 15) is 4.79 Å². The van der Waals surface area contributed by atoms with E-state index in [-0.39, 0.29) is 11.0 Å². The second kappa shape index (κ2) is 7.72. The minimum absolute atomic E-state index is 0.225. The maximum Gasteiger partial charge on any atom is 0.257 e. The molecular weight excluding hydrogens is 334 g/mol. The summed E-state index contributed by atoms with van der Waals surface area (Å²) in [5, 5.41) is 6.89. The van der Waals surface area contributed by atoms with Crippen LogP contribution in [0.2, 0.25) is 0 Å². The Hall–Kier alpha value is -2.99. The molecule has 0 spiro atoms. The highest BCUT2D eigenvalue weighted by Gasteiger charge is 2.10. The van der Waals surface area contributed by atoms with Crippen LogP contribution in [0.15, 0.2) is 60.8 Å². The molecule has 0 atom stereocenters. The summed E-state index contributed by atoms with van der Waals surface area (Å²) in [6, 6.07) is 16.5. The SMILES string of the molecule is CCOc1cccc(C(=O)NC(=S)Nc2cccc3ncccc23)c1. The number of anilines is 1. The van der Waals surface area contributed by atoms with Gasteiger partial charge in [0, 0.05) is 22.8 Å². The van der Waals surface area contributed by atoms with Crippen LogP contribution >= 0.6 is 12.2 Å². The number of nitrogens with zero attached hydrogens (tertiary/aromatic N) is 1. The number of aromatic nitrogens is 1. The lowest BCUT2D eigenvalue weighted by atomic mass is 10.2. The zero-order valence-corrected chi connectivity index (χ0v) is 14.5. The largest absolute Gasteiger partial charge is 0.494 e. The van der Waals surface area contributed by atoms with Gasteiger partial charge in [-0.2, -0.15) is 0 Å². The first kappa shape index (κ1) is 16.9. The fourth-order valence-corrected chi connectivity index (χ4v) is 2.64. The molecule has 25 heavy (non-hydrogen) atoms. The first-order valence-electron chi connectivity index (χ1n) is 7.86. The normalized spacial score (nSPS) is 10.3. The van der Waals surface area contributed by atoms with Gasteiger partial charge in [-0.3, -0.25) is 15.1 Å². The van der Waals surface area contributed by atoms with Crippen LogP contribution in [-0.4, -0.2) is 22.6 Å². The summed E-state index contributed by atoms with van der Waals surface area (Å²) in [4.78, 5) is 16.7. The van der Waals surface area contributed by atoms with Gasteiger partial charge in [-0.05, 0) is 61.6 Å². The standard InChI is InChI=1S/C19H17N3O2S/c1-2-24-14-7-3-6-13(12-14)18(23)22-19(25)21-17-10-4-9-16-15(17)8-5-11-20-16/h3-12H,2H2,1H3,(H2,21,22,23,25). The van der Waals surface area contributed by atoms with Crippen molar-refractivity contribution in [3.05, 3.63) is 66.4 Å². The molecule has 3 rings (SSSR count). The molecular formula is C19H17N3O2S. The van der Waals surface area contributed by atoms with Crippen LogP contribution in [0.4, 0.5) is 5.69 Å². The zero-order chi connectivity index (χ0) is 17.6. The number of thiocarbonyl (C=S) groups is 1. The molecule has 0 unspecified atom stereocenters. The number of benzene rings is 2. The van der Waals surface area contributed by atoms with Gasteiger partial charge in [0.05, 0.1) is 12.1 Å². The van der Waals surface area contributed by atoms with E-state index >= 15 is 0 Å². The van der Waals surface area contributed by atoms with Crippen LogP contribution < -0.4 is 15.4 Å². The molecule has 1 heterocycles. The molecule has 0 radical (unpaired) electrons. The van der Waals surface area contributed by atoms with Crippen molar-refractivity contribution in [2.24, 2.45) is 0 Å². The molecule has 0 saturated carbocycles. The highest BCUT2D eigenvalue weighted by Crippen LogP contribution is 2.21. The Morgan fingerprint density at radius 3 is 2.84 bits per heavy atom. The lowest BCUT2D eigenvalue weighted by molar-refractivity contribution is 0.0977. The molecule has 6 heteroatoms. The van der Waals surface area contributed by atoms with Gasteiger partial charge in [0.2, 0.25) is 0 Å². The average molecular weight is 351 g/mol. The molecule has 126 valence electrons. The summed E-state index contributed by atoms with van der Waals surface area (Å²) in [6.07, 6.45) is 1.73. The third kappa shape index (κ3) is 4.10. The predicted octanol–water partition coefficient (Wildman–Crippen LogP) is 3.76. The van der Waals surface area contributed by atoms with E-state index < -0.39 is 0 Å². The van der Waals surface area contributed by atoms with Crippen LogP contribution in [0, 0.1) is 0 Å². The Bertz CT molecular complexity index is 922. The molecule has 1 amide bonds. The van der Waals surface area contributed by atoms with Crippen molar-refractivity contribution in [1.82, 2.24) is 10.3 Å². The second-order valence-electron chi connectivity index (χ2n) is 5.24. The van der Waals surface area contributed by atoms with Gasteiger partial charge in [0.1, 0.15) is 5.75 Å². The van der Waals surface area contributed by atoms with Crippen molar-refractivity contribution >= 4 is 39.8 Å². The van der Waals surface area contributed by atoms with Gasteiger partial charge in [-0.25, -0.2) is 0 Å². The summed E-state index contributed by atoms with van der Waals surface area (Å²) in [7, 11) is 0. The molecule has 2 aromatic carbocycles. The summed E-state index contributed by atoms with van der Waals surface area (Å²) in [5.41, 5.74) is 2.12. The van der Waals surface area contributed by atoms with Crippen molar-refractivity contribution in [2.45, 2.75) is 6.92 Å². The Labute approximate surface area is 151 Å². The Balaban J connectivity index is 1.71. The minimum atomic E-state index is -0.294. The maximum absolute atomic E-state index is 12.4. The van der Waals surface area contributed by atoms with E-state index in [4.69, 9.17) is 17.0 Å². The molecule has 3 aromatic rings. The molecule has 2 N–H and O–H groups in total. The number of hydrogen-bond donors (Lipinski definition) is 2. The summed E-state index contributed by atoms with van der Waals surface area (Å²) >= 11 is 5.26. The van der Waals surface area contributed by atoms with Crippen LogP contribution in [0.25, 0.3) is 10.9 Å². The molecule has 0 aliphatic heterocycles. The number of amides is 1. The van der Waals surface area contributed by atoms with Crippen molar-refractivity contribution in [3.8, 4) is 5.75 Å². The highest BCUT2D eigenvalue weighted by atomic mass is 32.1. The van der Waals surface area contributed by atoms with E-state index in [2.05, 4.69) is 15.6 Å². The smallest absolute Gasteiger partial charge is 0.257 e. The van der Waals surface area contributed by atoms with Gasteiger partial charge in [0.15, 0.2) is 5.11 Å². The number of pyridine rings is 1. The maximum atomic E-state index is 12.4. The number of hydrogen-bond acceptors (Lipinski definition) is 4. The van der Waals surface area contributed by atoms with Gasteiger partial charge in [-0.1, -0.05) is 12.1 Å². The highest BCUT2D eigenvalue weighted by molar-refractivity contribution is 7.80. The fraction of sp³-hybridized carbons (Fsp3) is 0.105. The zero-order valence-electron chi connectivity index (χ0n) is 13.7. The minimum Gasteiger partial charge on any atom is -0.494 e. The van der Waals surface area contributed by atoms with E-state index in [1.54, 1.807) is 30.5 Å². The second-order valence-corrected chi connectivity index (χ2v) is 5.65. The number of fused-ring (bicyclic) bond motifs is 1. The van der Waals surface area contributed by atoms with Crippen molar-refractivity contribution < 1.29 is 9.53 Å². The first-order chi connectivity index (χ1) is 12.2. The molecule has 0 aliphatic carbocycles. The van der Waals surface area contributed by atoms with E-state index in [0.29, 0.717) is 17.9 Å². The lowest BCUT2D eigenvalue weighted by Gasteiger charge is -2.12. The van der Waals surface area contributed by atoms with Crippen LogP contribution in [0.3, 0.4) is 0 Å². The van der Waals surface area contributed by atoms with Gasteiger partial charge < -0.3 is 10.1 Å². The van der Waals surface area contributed by atoms with E-state index in [1.165, 1.54) is 0 Å². The van der Waals surface area contributed by atoms with Crippen LogP contribution in [-0.2, 0) is 0 Å². The molecule has 0 bridgehead atoms. The monoisotopic (exact) mass is 351 g/mol. The molecule has 0 saturated heterocycles. The van der Waals surface area contributed by atoms with Crippen molar-refractivity contribution in [2.75, 3.05) is 11.9 Å². The first-order valence-corrected chi connectivity index (χ1v) is 8.27. The van der Waals surface area contributed by atoms with Gasteiger partial charge >= 0.3 is 0 Å². The summed E-state index contributed by atoms with van der Waals surface area (Å²) < 4.78 is 5.41. The Kier molecular flexibility index (Phi) is 5.20. The van der Waals surface area contributed by atoms with E-state index in [1.807, 2.05) is 37.3 Å². The number of ether oxygens (including phenoxy) is 1. The number of rotatable bonds is 4.